The third-order valence-corrected chi connectivity index (χ3v) is 3.60. The Balaban J connectivity index is 2.19. The van der Waals surface area contributed by atoms with Crippen LogP contribution in [0.3, 0.4) is 0 Å². The van der Waals surface area contributed by atoms with Gasteiger partial charge < -0.3 is 16.0 Å². The number of nitriles is 1. The minimum absolute atomic E-state index is 0.0156. The van der Waals surface area contributed by atoms with Gasteiger partial charge in [0.15, 0.2) is 0 Å². The van der Waals surface area contributed by atoms with E-state index in [1.807, 2.05) is 6.07 Å². The third-order valence-electron chi connectivity index (χ3n) is 3.60. The minimum atomic E-state index is -0.518. The number of primary amides is 1. The standard InChI is InChI=1S/C15H18N4O2/c16-9-11-1-3-12(4-2-11)15(21)19(10-14(17)20)13-5-7-18-8-6-13/h1-4,13,18H,5-8,10H2,(H2,17,20). The van der Waals surface area contributed by atoms with E-state index in [0.717, 1.165) is 25.9 Å². The summed E-state index contributed by atoms with van der Waals surface area (Å²) in [4.78, 5) is 25.4. The molecule has 1 aliphatic heterocycles. The van der Waals surface area contributed by atoms with Gasteiger partial charge in [-0.25, -0.2) is 0 Å². The zero-order valence-corrected chi connectivity index (χ0v) is 11.7. The molecule has 0 radical (unpaired) electrons. The second-order valence-corrected chi connectivity index (χ2v) is 5.07. The van der Waals surface area contributed by atoms with Gasteiger partial charge in [0.2, 0.25) is 5.91 Å². The molecular formula is C15H18N4O2. The third kappa shape index (κ3) is 3.80. The van der Waals surface area contributed by atoms with Crippen LogP contribution in [0.15, 0.2) is 24.3 Å². The van der Waals surface area contributed by atoms with Gasteiger partial charge >= 0.3 is 0 Å². The number of carbonyl (C=O) groups excluding carboxylic acids is 2. The molecule has 0 saturated carbocycles. The molecule has 0 unspecified atom stereocenters. The van der Waals surface area contributed by atoms with E-state index < -0.39 is 5.91 Å². The van der Waals surface area contributed by atoms with Crippen molar-refractivity contribution >= 4 is 11.8 Å². The van der Waals surface area contributed by atoms with Gasteiger partial charge in [-0.3, -0.25) is 9.59 Å². The highest BCUT2D eigenvalue weighted by Gasteiger charge is 2.27. The van der Waals surface area contributed by atoms with Crippen molar-refractivity contribution in [2.24, 2.45) is 5.73 Å². The number of benzene rings is 1. The van der Waals surface area contributed by atoms with Crippen LogP contribution in [0.25, 0.3) is 0 Å². The molecule has 1 fully saturated rings. The molecule has 0 aliphatic carbocycles. The van der Waals surface area contributed by atoms with E-state index in [2.05, 4.69) is 5.32 Å². The highest BCUT2D eigenvalue weighted by Crippen LogP contribution is 2.16. The van der Waals surface area contributed by atoms with E-state index in [9.17, 15) is 9.59 Å². The first kappa shape index (κ1) is 15.0. The summed E-state index contributed by atoms with van der Waals surface area (Å²) >= 11 is 0. The predicted octanol–water partition coefficient (Wildman–Crippen LogP) is 0.238. The predicted molar refractivity (Wildman–Crippen MR) is 77.3 cm³/mol. The lowest BCUT2D eigenvalue weighted by Crippen LogP contribution is -2.49. The Morgan fingerprint density at radius 3 is 2.43 bits per heavy atom. The van der Waals surface area contributed by atoms with Crippen LogP contribution in [0.2, 0.25) is 0 Å². The maximum absolute atomic E-state index is 12.6. The number of hydrogen-bond donors (Lipinski definition) is 2. The molecule has 3 N–H and O–H groups in total. The molecule has 1 aromatic carbocycles. The number of nitrogens with one attached hydrogen (secondary N) is 1. The second kappa shape index (κ2) is 6.86. The van der Waals surface area contributed by atoms with Crippen LogP contribution in [-0.2, 0) is 4.79 Å². The summed E-state index contributed by atoms with van der Waals surface area (Å²) in [6, 6.07) is 8.43. The number of carbonyl (C=O) groups is 2. The van der Waals surface area contributed by atoms with E-state index in [4.69, 9.17) is 11.0 Å². The first-order chi connectivity index (χ1) is 10.1. The van der Waals surface area contributed by atoms with Gasteiger partial charge in [0, 0.05) is 11.6 Å². The Kier molecular flexibility index (Phi) is 4.90. The topological polar surface area (TPSA) is 99.2 Å². The average Bonchev–Trinajstić information content (AvgIpc) is 2.53. The molecule has 2 rings (SSSR count). The molecule has 0 spiro atoms. The summed E-state index contributed by atoms with van der Waals surface area (Å²) in [5.41, 5.74) is 6.23. The van der Waals surface area contributed by atoms with Crippen LogP contribution in [0.5, 0.6) is 0 Å². The normalized spacial score (nSPS) is 15.2. The van der Waals surface area contributed by atoms with Crippen molar-refractivity contribution < 1.29 is 9.59 Å². The number of piperidine rings is 1. The molecular weight excluding hydrogens is 268 g/mol. The molecule has 1 aliphatic rings. The Hall–Kier alpha value is -2.39. The molecule has 6 nitrogen and oxygen atoms in total. The van der Waals surface area contributed by atoms with Gasteiger partial charge in [0.25, 0.3) is 5.91 Å². The van der Waals surface area contributed by atoms with Crippen LogP contribution in [-0.4, -0.2) is 42.4 Å². The van der Waals surface area contributed by atoms with Gasteiger partial charge in [-0.05, 0) is 50.2 Å². The second-order valence-electron chi connectivity index (χ2n) is 5.07. The lowest BCUT2D eigenvalue weighted by atomic mass is 10.0. The zero-order valence-electron chi connectivity index (χ0n) is 11.7. The van der Waals surface area contributed by atoms with Crippen molar-refractivity contribution in [3.8, 4) is 6.07 Å². The zero-order chi connectivity index (χ0) is 15.2. The fourth-order valence-electron chi connectivity index (χ4n) is 2.51. The Bertz CT molecular complexity index is 556. The van der Waals surface area contributed by atoms with Gasteiger partial charge in [0.1, 0.15) is 0 Å². The van der Waals surface area contributed by atoms with Crippen molar-refractivity contribution in [3.63, 3.8) is 0 Å². The minimum Gasteiger partial charge on any atom is -0.368 e. The lowest BCUT2D eigenvalue weighted by molar-refractivity contribution is -0.119. The number of rotatable bonds is 4. The summed E-state index contributed by atoms with van der Waals surface area (Å²) in [6.45, 7) is 1.56. The smallest absolute Gasteiger partial charge is 0.254 e. The molecule has 1 heterocycles. The van der Waals surface area contributed by atoms with E-state index in [1.54, 1.807) is 29.2 Å². The maximum Gasteiger partial charge on any atom is 0.254 e. The van der Waals surface area contributed by atoms with Crippen LogP contribution >= 0.6 is 0 Å². The van der Waals surface area contributed by atoms with Gasteiger partial charge in [-0.15, -0.1) is 0 Å². The Labute approximate surface area is 123 Å². The van der Waals surface area contributed by atoms with Crippen LogP contribution < -0.4 is 11.1 Å². The van der Waals surface area contributed by atoms with Gasteiger partial charge in [-0.1, -0.05) is 0 Å². The molecule has 110 valence electrons. The van der Waals surface area contributed by atoms with Gasteiger partial charge in [0.05, 0.1) is 18.2 Å². The number of amides is 2. The van der Waals surface area contributed by atoms with E-state index in [1.165, 1.54) is 0 Å². The SMILES string of the molecule is N#Cc1ccc(C(=O)N(CC(N)=O)C2CCNCC2)cc1. The monoisotopic (exact) mass is 286 g/mol. The molecule has 6 heteroatoms. The van der Waals surface area contributed by atoms with E-state index >= 15 is 0 Å². The fourth-order valence-corrected chi connectivity index (χ4v) is 2.51. The molecule has 0 bridgehead atoms. The summed E-state index contributed by atoms with van der Waals surface area (Å²) in [6.07, 6.45) is 1.60. The summed E-state index contributed by atoms with van der Waals surface area (Å²) in [7, 11) is 0. The highest BCUT2D eigenvalue weighted by molar-refractivity contribution is 5.96. The van der Waals surface area contributed by atoms with Crippen LogP contribution in [0.1, 0.15) is 28.8 Å². The summed E-state index contributed by atoms with van der Waals surface area (Å²) in [5.74, 6) is -0.735. The summed E-state index contributed by atoms with van der Waals surface area (Å²) < 4.78 is 0. The van der Waals surface area contributed by atoms with Crippen molar-refractivity contribution in [1.29, 1.82) is 5.26 Å². The average molecular weight is 286 g/mol. The highest BCUT2D eigenvalue weighted by atomic mass is 16.2. The van der Waals surface area contributed by atoms with Crippen LogP contribution in [0.4, 0.5) is 0 Å². The molecule has 1 aromatic rings. The van der Waals surface area contributed by atoms with Crippen LogP contribution in [0, 0.1) is 11.3 Å². The summed E-state index contributed by atoms with van der Waals surface area (Å²) in [5, 5.41) is 12.0. The molecule has 0 aromatic heterocycles. The molecule has 21 heavy (non-hydrogen) atoms. The lowest BCUT2D eigenvalue weighted by Gasteiger charge is -2.34. The largest absolute Gasteiger partial charge is 0.368 e. The Morgan fingerprint density at radius 2 is 1.90 bits per heavy atom. The number of nitrogens with zero attached hydrogens (tertiary/aromatic N) is 2. The number of nitrogens with two attached hydrogens (primary N) is 1. The Morgan fingerprint density at radius 1 is 1.29 bits per heavy atom. The molecule has 1 saturated heterocycles. The fraction of sp³-hybridized carbons (Fsp3) is 0.400. The van der Waals surface area contributed by atoms with Crippen molar-refractivity contribution in [3.05, 3.63) is 35.4 Å². The van der Waals surface area contributed by atoms with Crippen molar-refractivity contribution in [1.82, 2.24) is 10.2 Å². The quantitative estimate of drug-likeness (QED) is 0.828. The van der Waals surface area contributed by atoms with Crippen molar-refractivity contribution in [2.75, 3.05) is 19.6 Å². The molecule has 0 atom stereocenters. The first-order valence-electron chi connectivity index (χ1n) is 6.92. The van der Waals surface area contributed by atoms with E-state index in [-0.39, 0.29) is 18.5 Å². The van der Waals surface area contributed by atoms with Gasteiger partial charge in [-0.2, -0.15) is 5.26 Å². The van der Waals surface area contributed by atoms with E-state index in [0.29, 0.717) is 11.1 Å². The first-order valence-corrected chi connectivity index (χ1v) is 6.92. The van der Waals surface area contributed by atoms with Crippen molar-refractivity contribution in [2.45, 2.75) is 18.9 Å². The maximum atomic E-state index is 12.6. The number of hydrogen-bond acceptors (Lipinski definition) is 4. The molecule has 2 amide bonds.